The van der Waals surface area contributed by atoms with Gasteiger partial charge in [-0.15, -0.1) is 0 Å². The van der Waals surface area contributed by atoms with Gasteiger partial charge in [-0.25, -0.2) is 4.79 Å². The van der Waals surface area contributed by atoms with Gasteiger partial charge in [0.2, 0.25) is 5.91 Å². The first-order valence-corrected chi connectivity index (χ1v) is 6.70. The van der Waals surface area contributed by atoms with E-state index in [9.17, 15) is 14.4 Å². The Morgan fingerprint density at radius 3 is 2.23 bits per heavy atom. The molecule has 6 heteroatoms. The summed E-state index contributed by atoms with van der Waals surface area (Å²) in [6.45, 7) is 3.07. The molecular weight excluding hydrogens is 286 g/mol. The smallest absolute Gasteiger partial charge is 0.341 e. The third-order valence-electron chi connectivity index (χ3n) is 2.66. The van der Waals surface area contributed by atoms with E-state index < -0.39 is 5.97 Å². The van der Waals surface area contributed by atoms with Crippen molar-refractivity contribution in [3.05, 3.63) is 35.4 Å². The number of carbonyl (C=O) groups excluding carboxylic acids is 3. The second kappa shape index (κ2) is 8.74. The number of hydrogen-bond acceptors (Lipinski definition) is 5. The zero-order chi connectivity index (χ0) is 16.5. The van der Waals surface area contributed by atoms with Crippen LogP contribution in [0.1, 0.15) is 19.4 Å². The van der Waals surface area contributed by atoms with Gasteiger partial charge in [-0.05, 0) is 30.7 Å². The van der Waals surface area contributed by atoms with Gasteiger partial charge < -0.3 is 14.8 Å². The van der Waals surface area contributed by atoms with Crippen molar-refractivity contribution >= 4 is 29.4 Å². The summed E-state index contributed by atoms with van der Waals surface area (Å²) >= 11 is 0. The summed E-state index contributed by atoms with van der Waals surface area (Å²) < 4.78 is 9.72. The van der Waals surface area contributed by atoms with Crippen molar-refractivity contribution in [2.75, 3.05) is 25.6 Å². The fourth-order valence-corrected chi connectivity index (χ4v) is 1.63. The van der Waals surface area contributed by atoms with Crippen LogP contribution in [0.15, 0.2) is 29.8 Å². The number of nitrogens with one attached hydrogen (secondary N) is 1. The SMILES string of the molecule is COCCOC(=O)/C(=C/c1ccc(NC(C)=O)cc1)C(C)=O. The molecule has 0 aliphatic rings. The van der Waals surface area contributed by atoms with E-state index in [2.05, 4.69) is 5.32 Å². The molecule has 118 valence electrons. The Morgan fingerprint density at radius 2 is 1.73 bits per heavy atom. The first-order chi connectivity index (χ1) is 10.4. The van der Waals surface area contributed by atoms with E-state index in [1.54, 1.807) is 24.3 Å². The van der Waals surface area contributed by atoms with Gasteiger partial charge in [0.25, 0.3) is 0 Å². The lowest BCUT2D eigenvalue weighted by Gasteiger charge is -2.06. The predicted octanol–water partition coefficient (Wildman–Crippen LogP) is 1.81. The van der Waals surface area contributed by atoms with Crippen LogP contribution in [0.3, 0.4) is 0 Å². The van der Waals surface area contributed by atoms with Crippen LogP contribution in [0.2, 0.25) is 0 Å². The van der Waals surface area contributed by atoms with Crippen LogP contribution < -0.4 is 5.32 Å². The Hall–Kier alpha value is -2.47. The molecule has 1 aromatic carbocycles. The number of amides is 1. The zero-order valence-electron chi connectivity index (χ0n) is 12.8. The molecule has 0 unspecified atom stereocenters. The quantitative estimate of drug-likeness (QED) is 0.273. The van der Waals surface area contributed by atoms with Crippen LogP contribution in [0.25, 0.3) is 6.08 Å². The van der Waals surface area contributed by atoms with Gasteiger partial charge in [-0.1, -0.05) is 12.1 Å². The fraction of sp³-hybridized carbons (Fsp3) is 0.312. The molecule has 0 heterocycles. The summed E-state index contributed by atoms with van der Waals surface area (Å²) in [4.78, 5) is 34.4. The highest BCUT2D eigenvalue weighted by molar-refractivity contribution is 6.19. The van der Waals surface area contributed by atoms with E-state index in [-0.39, 0.29) is 30.5 Å². The van der Waals surface area contributed by atoms with Crippen molar-refractivity contribution in [3.63, 3.8) is 0 Å². The van der Waals surface area contributed by atoms with E-state index in [1.165, 1.54) is 27.0 Å². The third kappa shape index (κ3) is 5.88. The van der Waals surface area contributed by atoms with Crippen molar-refractivity contribution in [1.29, 1.82) is 0 Å². The minimum absolute atomic E-state index is 0.0385. The molecule has 0 aliphatic heterocycles. The van der Waals surface area contributed by atoms with Gasteiger partial charge in [-0.2, -0.15) is 0 Å². The second-order valence-electron chi connectivity index (χ2n) is 4.55. The molecule has 1 aromatic rings. The predicted molar refractivity (Wildman–Crippen MR) is 82.2 cm³/mol. The van der Waals surface area contributed by atoms with Gasteiger partial charge >= 0.3 is 5.97 Å². The van der Waals surface area contributed by atoms with E-state index in [0.717, 1.165) is 0 Å². The largest absolute Gasteiger partial charge is 0.460 e. The molecule has 1 amide bonds. The summed E-state index contributed by atoms with van der Waals surface area (Å²) in [5, 5.41) is 2.63. The van der Waals surface area contributed by atoms with Gasteiger partial charge in [0.05, 0.1) is 6.61 Å². The molecule has 0 saturated carbocycles. The lowest BCUT2D eigenvalue weighted by atomic mass is 10.1. The van der Waals surface area contributed by atoms with Crippen LogP contribution in [0, 0.1) is 0 Å². The molecule has 6 nitrogen and oxygen atoms in total. The van der Waals surface area contributed by atoms with Crippen molar-refractivity contribution in [1.82, 2.24) is 0 Å². The monoisotopic (exact) mass is 305 g/mol. The molecule has 0 aliphatic carbocycles. The minimum atomic E-state index is -0.685. The molecule has 0 radical (unpaired) electrons. The van der Waals surface area contributed by atoms with Gasteiger partial charge in [-0.3, -0.25) is 9.59 Å². The van der Waals surface area contributed by atoms with E-state index >= 15 is 0 Å². The zero-order valence-corrected chi connectivity index (χ0v) is 12.8. The van der Waals surface area contributed by atoms with Crippen LogP contribution in [0.5, 0.6) is 0 Å². The van der Waals surface area contributed by atoms with Gasteiger partial charge in [0, 0.05) is 19.7 Å². The molecule has 0 spiro atoms. The molecule has 0 atom stereocenters. The summed E-state index contributed by atoms with van der Waals surface area (Å²) in [7, 11) is 1.49. The number of Topliss-reactive ketones (excluding diaryl/α,β-unsaturated/α-hetero) is 1. The standard InChI is InChI=1S/C16H19NO5/c1-11(18)15(16(20)22-9-8-21-3)10-13-4-6-14(7-5-13)17-12(2)19/h4-7,10H,8-9H2,1-3H3,(H,17,19)/b15-10+. The number of rotatable bonds is 7. The van der Waals surface area contributed by atoms with E-state index in [1.807, 2.05) is 0 Å². The van der Waals surface area contributed by atoms with E-state index in [4.69, 9.17) is 9.47 Å². The number of benzene rings is 1. The molecular formula is C16H19NO5. The molecule has 0 fully saturated rings. The lowest BCUT2D eigenvalue weighted by molar-refractivity contribution is -0.141. The van der Waals surface area contributed by atoms with Gasteiger partial charge in [0.1, 0.15) is 12.2 Å². The van der Waals surface area contributed by atoms with Crippen LogP contribution in [-0.2, 0) is 23.9 Å². The lowest BCUT2D eigenvalue weighted by Crippen LogP contribution is -2.16. The minimum Gasteiger partial charge on any atom is -0.460 e. The first-order valence-electron chi connectivity index (χ1n) is 6.70. The van der Waals surface area contributed by atoms with Gasteiger partial charge in [0.15, 0.2) is 5.78 Å². The summed E-state index contributed by atoms with van der Waals surface area (Å²) in [5.74, 6) is -1.24. The van der Waals surface area contributed by atoms with Crippen molar-refractivity contribution in [2.24, 2.45) is 0 Å². The van der Waals surface area contributed by atoms with Crippen molar-refractivity contribution in [3.8, 4) is 0 Å². The Kier molecular flexibility index (Phi) is 6.98. The summed E-state index contributed by atoms with van der Waals surface area (Å²) in [6.07, 6.45) is 1.45. The number of methoxy groups -OCH3 is 1. The first kappa shape index (κ1) is 17.6. The Labute approximate surface area is 129 Å². The number of ketones is 1. The van der Waals surface area contributed by atoms with Crippen molar-refractivity contribution in [2.45, 2.75) is 13.8 Å². The maximum atomic E-state index is 11.9. The molecule has 22 heavy (non-hydrogen) atoms. The topological polar surface area (TPSA) is 81.7 Å². The Bertz CT molecular complexity index is 575. The van der Waals surface area contributed by atoms with Crippen LogP contribution in [0.4, 0.5) is 5.69 Å². The summed E-state index contributed by atoms with van der Waals surface area (Å²) in [6, 6.07) is 6.75. The normalized spacial score (nSPS) is 11.0. The van der Waals surface area contributed by atoms with Crippen LogP contribution >= 0.6 is 0 Å². The molecule has 0 aromatic heterocycles. The fourth-order valence-electron chi connectivity index (χ4n) is 1.63. The average Bonchev–Trinajstić information content (AvgIpc) is 2.45. The number of ether oxygens (including phenoxy) is 2. The molecule has 1 rings (SSSR count). The number of carbonyl (C=O) groups is 3. The maximum absolute atomic E-state index is 11.9. The van der Waals surface area contributed by atoms with E-state index in [0.29, 0.717) is 11.3 Å². The number of esters is 1. The number of hydrogen-bond donors (Lipinski definition) is 1. The molecule has 0 bridgehead atoms. The summed E-state index contributed by atoms with van der Waals surface area (Å²) in [5.41, 5.74) is 1.25. The highest BCUT2D eigenvalue weighted by atomic mass is 16.6. The Morgan fingerprint density at radius 1 is 1.09 bits per heavy atom. The van der Waals surface area contributed by atoms with Crippen LogP contribution in [-0.4, -0.2) is 38.0 Å². The molecule has 0 saturated heterocycles. The second-order valence-corrected chi connectivity index (χ2v) is 4.55. The average molecular weight is 305 g/mol. The highest BCUT2D eigenvalue weighted by Gasteiger charge is 2.16. The third-order valence-corrected chi connectivity index (χ3v) is 2.66. The highest BCUT2D eigenvalue weighted by Crippen LogP contribution is 2.14. The number of anilines is 1. The maximum Gasteiger partial charge on any atom is 0.341 e. The molecule has 1 N–H and O–H groups in total. The Balaban J connectivity index is 2.86. The van der Waals surface area contributed by atoms with Crippen molar-refractivity contribution < 1.29 is 23.9 Å².